The van der Waals surface area contributed by atoms with Crippen LogP contribution < -0.4 is 5.73 Å². The summed E-state index contributed by atoms with van der Waals surface area (Å²) < 4.78 is 4.13. The van der Waals surface area contributed by atoms with Gasteiger partial charge in [0.1, 0.15) is 0 Å². The molecule has 0 amide bonds. The number of nitrogens with two attached hydrogens (primary N) is 1. The Labute approximate surface area is 99.3 Å². The van der Waals surface area contributed by atoms with Gasteiger partial charge in [0.15, 0.2) is 0 Å². The average Bonchev–Trinajstić information content (AvgIpc) is 2.95. The highest BCUT2D eigenvalue weighted by Crippen LogP contribution is 2.21. The van der Waals surface area contributed by atoms with Crippen molar-refractivity contribution >= 4 is 16.6 Å². The highest BCUT2D eigenvalue weighted by Gasteiger charge is 2.03. The van der Waals surface area contributed by atoms with Gasteiger partial charge < -0.3 is 10.3 Å². The lowest BCUT2D eigenvalue weighted by Gasteiger charge is -2.06. The van der Waals surface area contributed by atoms with Crippen molar-refractivity contribution < 1.29 is 0 Å². The summed E-state index contributed by atoms with van der Waals surface area (Å²) in [5.74, 6) is 0. The molecule has 4 nitrogen and oxygen atoms in total. The quantitative estimate of drug-likeness (QED) is 0.695. The fourth-order valence-corrected chi connectivity index (χ4v) is 2.09. The Balaban J connectivity index is 1.88. The van der Waals surface area contributed by atoms with Crippen molar-refractivity contribution in [2.24, 2.45) is 0 Å². The van der Waals surface area contributed by atoms with E-state index >= 15 is 0 Å². The minimum absolute atomic E-state index is 0.834. The number of nitrogens with zero attached hydrogens (tertiary/aromatic N) is 3. The van der Waals surface area contributed by atoms with E-state index in [-0.39, 0.29) is 0 Å². The van der Waals surface area contributed by atoms with Gasteiger partial charge in [-0.05, 0) is 24.3 Å². The van der Waals surface area contributed by atoms with Gasteiger partial charge in [0.25, 0.3) is 0 Å². The van der Waals surface area contributed by atoms with Gasteiger partial charge in [-0.2, -0.15) is 5.10 Å². The number of hydrogen-bond acceptors (Lipinski definition) is 2. The first-order valence-electron chi connectivity index (χ1n) is 5.65. The zero-order chi connectivity index (χ0) is 11.7. The van der Waals surface area contributed by atoms with E-state index in [1.165, 1.54) is 5.52 Å². The van der Waals surface area contributed by atoms with Crippen molar-refractivity contribution in [1.29, 1.82) is 0 Å². The molecule has 86 valence electrons. The predicted octanol–water partition coefficient (Wildman–Crippen LogP) is 2.12. The largest absolute Gasteiger partial charge is 0.398 e. The van der Waals surface area contributed by atoms with E-state index < -0.39 is 0 Å². The molecule has 1 aromatic carbocycles. The first-order valence-corrected chi connectivity index (χ1v) is 5.65. The van der Waals surface area contributed by atoms with Gasteiger partial charge in [-0.25, -0.2) is 0 Å². The van der Waals surface area contributed by atoms with Crippen molar-refractivity contribution in [2.75, 3.05) is 5.73 Å². The van der Waals surface area contributed by atoms with Gasteiger partial charge in [0.05, 0.1) is 12.1 Å². The molecule has 0 aliphatic carbocycles. The molecule has 0 bridgehead atoms. The molecule has 0 aliphatic heterocycles. The standard InChI is InChI=1S/C13H14N4/c14-12-3-1-4-13-11(12)5-8-16(13)9-10-17-7-2-6-15-17/h1-8H,9-10,14H2. The number of nitrogen functional groups attached to an aromatic ring is 1. The molecule has 0 spiro atoms. The molecule has 0 saturated carbocycles. The second-order valence-corrected chi connectivity index (χ2v) is 4.06. The Bertz CT molecular complexity index is 622. The van der Waals surface area contributed by atoms with Crippen molar-refractivity contribution in [3.05, 3.63) is 48.9 Å². The molecular weight excluding hydrogens is 212 g/mol. The second-order valence-electron chi connectivity index (χ2n) is 4.06. The SMILES string of the molecule is Nc1cccc2c1ccn2CCn1cccn1. The van der Waals surface area contributed by atoms with Crippen LogP contribution in [-0.4, -0.2) is 14.3 Å². The summed E-state index contributed by atoms with van der Waals surface area (Å²) >= 11 is 0. The molecule has 0 radical (unpaired) electrons. The second kappa shape index (κ2) is 3.97. The lowest BCUT2D eigenvalue weighted by Crippen LogP contribution is -2.06. The number of hydrogen-bond donors (Lipinski definition) is 1. The summed E-state index contributed by atoms with van der Waals surface area (Å²) in [4.78, 5) is 0. The molecule has 0 aliphatic rings. The number of anilines is 1. The third-order valence-corrected chi connectivity index (χ3v) is 2.98. The fourth-order valence-electron chi connectivity index (χ4n) is 2.09. The van der Waals surface area contributed by atoms with Crippen LogP contribution in [0.2, 0.25) is 0 Å². The first kappa shape index (κ1) is 9.96. The molecule has 2 heterocycles. The van der Waals surface area contributed by atoms with Crippen LogP contribution in [0.4, 0.5) is 5.69 Å². The Hall–Kier alpha value is -2.23. The molecule has 0 saturated heterocycles. The smallest absolute Gasteiger partial charge is 0.0588 e. The van der Waals surface area contributed by atoms with E-state index in [9.17, 15) is 0 Å². The zero-order valence-corrected chi connectivity index (χ0v) is 9.45. The molecule has 0 fully saturated rings. The normalized spacial score (nSPS) is 11.1. The third kappa shape index (κ3) is 1.78. The summed E-state index contributed by atoms with van der Waals surface area (Å²) in [5, 5.41) is 5.31. The van der Waals surface area contributed by atoms with E-state index in [1.807, 2.05) is 29.1 Å². The van der Waals surface area contributed by atoms with Crippen LogP contribution in [0.25, 0.3) is 10.9 Å². The predicted molar refractivity (Wildman–Crippen MR) is 68.6 cm³/mol. The Kier molecular flexibility index (Phi) is 2.33. The highest BCUT2D eigenvalue weighted by atomic mass is 15.3. The van der Waals surface area contributed by atoms with Crippen molar-refractivity contribution in [2.45, 2.75) is 13.1 Å². The van der Waals surface area contributed by atoms with Gasteiger partial charge in [-0.3, -0.25) is 4.68 Å². The summed E-state index contributed by atoms with van der Waals surface area (Å²) in [6.07, 6.45) is 5.84. The molecule has 2 N–H and O–H groups in total. The monoisotopic (exact) mass is 226 g/mol. The number of aryl methyl sites for hydroxylation is 2. The van der Waals surface area contributed by atoms with E-state index in [1.54, 1.807) is 6.20 Å². The fraction of sp³-hybridized carbons (Fsp3) is 0.154. The number of benzene rings is 1. The lowest BCUT2D eigenvalue weighted by molar-refractivity contribution is 0.543. The summed E-state index contributed by atoms with van der Waals surface area (Å²) in [6, 6.07) is 10.0. The maximum absolute atomic E-state index is 5.93. The molecule has 4 heteroatoms. The van der Waals surface area contributed by atoms with Gasteiger partial charge in [0.2, 0.25) is 0 Å². The number of fused-ring (bicyclic) bond motifs is 1. The summed E-state index contributed by atoms with van der Waals surface area (Å²) in [5.41, 5.74) is 7.94. The summed E-state index contributed by atoms with van der Waals surface area (Å²) in [7, 11) is 0. The molecule has 3 rings (SSSR count). The topological polar surface area (TPSA) is 48.8 Å². The summed E-state index contributed by atoms with van der Waals surface area (Å²) in [6.45, 7) is 1.76. The van der Waals surface area contributed by atoms with Crippen LogP contribution >= 0.6 is 0 Å². The van der Waals surface area contributed by atoms with E-state index in [0.29, 0.717) is 0 Å². The minimum atomic E-state index is 0.834. The molecule has 3 aromatic rings. The van der Waals surface area contributed by atoms with Gasteiger partial charge in [-0.1, -0.05) is 6.07 Å². The van der Waals surface area contributed by atoms with Crippen molar-refractivity contribution in [1.82, 2.24) is 14.3 Å². The van der Waals surface area contributed by atoms with Gasteiger partial charge >= 0.3 is 0 Å². The molecular formula is C13H14N4. The Morgan fingerprint density at radius 1 is 1.06 bits per heavy atom. The van der Waals surface area contributed by atoms with E-state index in [2.05, 4.69) is 28.0 Å². The molecule has 17 heavy (non-hydrogen) atoms. The maximum Gasteiger partial charge on any atom is 0.0588 e. The average molecular weight is 226 g/mol. The van der Waals surface area contributed by atoms with Crippen LogP contribution in [0.1, 0.15) is 0 Å². The van der Waals surface area contributed by atoms with Crippen molar-refractivity contribution in [3.8, 4) is 0 Å². The van der Waals surface area contributed by atoms with Crippen LogP contribution in [-0.2, 0) is 13.1 Å². The molecule has 2 aromatic heterocycles. The molecule has 0 atom stereocenters. The van der Waals surface area contributed by atoms with Gasteiger partial charge in [-0.15, -0.1) is 0 Å². The van der Waals surface area contributed by atoms with Gasteiger partial charge in [0, 0.05) is 36.2 Å². The van der Waals surface area contributed by atoms with Crippen LogP contribution in [0.5, 0.6) is 0 Å². The minimum Gasteiger partial charge on any atom is -0.398 e. The van der Waals surface area contributed by atoms with Crippen LogP contribution in [0.15, 0.2) is 48.9 Å². The Morgan fingerprint density at radius 3 is 2.82 bits per heavy atom. The lowest BCUT2D eigenvalue weighted by atomic mass is 10.2. The third-order valence-electron chi connectivity index (χ3n) is 2.98. The molecule has 0 unspecified atom stereocenters. The van der Waals surface area contributed by atoms with Crippen LogP contribution in [0, 0.1) is 0 Å². The highest BCUT2D eigenvalue weighted by molar-refractivity contribution is 5.91. The van der Waals surface area contributed by atoms with Crippen molar-refractivity contribution in [3.63, 3.8) is 0 Å². The number of aromatic nitrogens is 3. The van der Waals surface area contributed by atoms with E-state index in [0.717, 1.165) is 24.2 Å². The zero-order valence-electron chi connectivity index (χ0n) is 9.45. The maximum atomic E-state index is 5.93. The first-order chi connectivity index (χ1) is 8.34. The van der Waals surface area contributed by atoms with Crippen LogP contribution in [0.3, 0.4) is 0 Å². The Morgan fingerprint density at radius 2 is 2.00 bits per heavy atom. The number of rotatable bonds is 3. The van der Waals surface area contributed by atoms with E-state index in [4.69, 9.17) is 5.73 Å².